The molecule has 0 bridgehead atoms. The van der Waals surface area contributed by atoms with Gasteiger partial charge in [-0.2, -0.15) is 13.2 Å². The SMILES string of the molecule is COc1c(Cl)cc(Cl)cc1CNCc1cccc(C(F)(F)F)c1. The Hall–Kier alpha value is -1.43. The van der Waals surface area contributed by atoms with Crippen molar-refractivity contribution in [2.75, 3.05) is 7.11 Å². The van der Waals surface area contributed by atoms with E-state index in [4.69, 9.17) is 27.9 Å². The van der Waals surface area contributed by atoms with Crippen LogP contribution in [0.3, 0.4) is 0 Å². The monoisotopic (exact) mass is 363 g/mol. The molecule has 2 nitrogen and oxygen atoms in total. The van der Waals surface area contributed by atoms with E-state index in [0.29, 0.717) is 27.9 Å². The van der Waals surface area contributed by atoms with Gasteiger partial charge in [0, 0.05) is 23.7 Å². The summed E-state index contributed by atoms with van der Waals surface area (Å²) in [6.45, 7) is 0.636. The maximum atomic E-state index is 12.7. The van der Waals surface area contributed by atoms with Crippen LogP contribution in [0.4, 0.5) is 13.2 Å². The lowest BCUT2D eigenvalue weighted by molar-refractivity contribution is -0.137. The van der Waals surface area contributed by atoms with Crippen LogP contribution in [0.5, 0.6) is 5.75 Å². The Balaban J connectivity index is 2.06. The smallest absolute Gasteiger partial charge is 0.416 e. The predicted molar refractivity (Wildman–Crippen MR) is 85.0 cm³/mol. The first-order valence-corrected chi connectivity index (χ1v) is 7.45. The van der Waals surface area contributed by atoms with Crippen LogP contribution in [0, 0.1) is 0 Å². The molecule has 0 aliphatic heterocycles. The molecule has 2 rings (SSSR count). The summed E-state index contributed by atoms with van der Waals surface area (Å²) < 4.78 is 43.2. The largest absolute Gasteiger partial charge is 0.495 e. The van der Waals surface area contributed by atoms with Crippen LogP contribution in [0.2, 0.25) is 10.0 Å². The van der Waals surface area contributed by atoms with E-state index in [1.165, 1.54) is 13.2 Å². The molecule has 0 fully saturated rings. The van der Waals surface area contributed by atoms with Gasteiger partial charge in [-0.1, -0.05) is 41.4 Å². The lowest BCUT2D eigenvalue weighted by atomic mass is 10.1. The Labute approximate surface area is 142 Å². The number of methoxy groups -OCH3 is 1. The van der Waals surface area contributed by atoms with Gasteiger partial charge in [-0.15, -0.1) is 0 Å². The highest BCUT2D eigenvalue weighted by molar-refractivity contribution is 6.35. The zero-order valence-corrected chi connectivity index (χ0v) is 13.7. The molecule has 0 saturated carbocycles. The average Bonchev–Trinajstić information content (AvgIpc) is 2.46. The van der Waals surface area contributed by atoms with Crippen LogP contribution in [0.1, 0.15) is 16.7 Å². The normalized spacial score (nSPS) is 11.6. The first kappa shape index (κ1) is 17.9. The van der Waals surface area contributed by atoms with Gasteiger partial charge in [-0.25, -0.2) is 0 Å². The molecular weight excluding hydrogens is 350 g/mol. The van der Waals surface area contributed by atoms with Gasteiger partial charge >= 0.3 is 6.18 Å². The topological polar surface area (TPSA) is 21.3 Å². The van der Waals surface area contributed by atoms with Crippen molar-refractivity contribution in [3.63, 3.8) is 0 Å². The van der Waals surface area contributed by atoms with Gasteiger partial charge in [0.05, 0.1) is 17.7 Å². The minimum atomic E-state index is -4.35. The fourth-order valence-electron chi connectivity index (χ4n) is 2.17. The van der Waals surface area contributed by atoms with Crippen LogP contribution in [0.15, 0.2) is 36.4 Å². The third kappa shape index (κ3) is 4.77. The van der Waals surface area contributed by atoms with E-state index in [1.807, 2.05) is 0 Å². The van der Waals surface area contributed by atoms with E-state index in [1.54, 1.807) is 18.2 Å². The lowest BCUT2D eigenvalue weighted by Gasteiger charge is -2.13. The van der Waals surface area contributed by atoms with Gasteiger partial charge in [0.1, 0.15) is 5.75 Å². The standard InChI is InChI=1S/C16H14Cl2F3NO/c1-23-15-11(6-13(17)7-14(15)18)9-22-8-10-3-2-4-12(5-10)16(19,20)21/h2-7,22H,8-9H2,1H3. The van der Waals surface area contributed by atoms with Crippen LogP contribution in [0.25, 0.3) is 0 Å². The average molecular weight is 364 g/mol. The van der Waals surface area contributed by atoms with Gasteiger partial charge in [-0.05, 0) is 23.8 Å². The highest BCUT2D eigenvalue weighted by Crippen LogP contribution is 2.32. The maximum Gasteiger partial charge on any atom is 0.416 e. The van der Waals surface area contributed by atoms with Gasteiger partial charge in [0.2, 0.25) is 0 Å². The minimum absolute atomic E-state index is 0.275. The molecular formula is C16H14Cl2F3NO. The first-order valence-electron chi connectivity index (χ1n) is 6.70. The summed E-state index contributed by atoms with van der Waals surface area (Å²) >= 11 is 12.0. The van der Waals surface area contributed by atoms with Crippen LogP contribution < -0.4 is 10.1 Å². The third-order valence-electron chi connectivity index (χ3n) is 3.19. The highest BCUT2D eigenvalue weighted by atomic mass is 35.5. The summed E-state index contributed by atoms with van der Waals surface area (Å²) in [7, 11) is 1.49. The molecule has 0 unspecified atom stereocenters. The van der Waals surface area contributed by atoms with Crippen molar-refractivity contribution in [2.45, 2.75) is 19.3 Å². The number of benzene rings is 2. The number of ether oxygens (including phenoxy) is 1. The second-order valence-corrected chi connectivity index (χ2v) is 5.73. The van der Waals surface area contributed by atoms with Gasteiger partial charge < -0.3 is 10.1 Å². The molecule has 0 heterocycles. The number of halogens is 5. The molecule has 2 aromatic rings. The summed E-state index contributed by atoms with van der Waals surface area (Å²) in [6, 6.07) is 8.45. The van der Waals surface area contributed by atoms with E-state index in [2.05, 4.69) is 5.32 Å². The molecule has 0 saturated heterocycles. The predicted octanol–water partition coefficient (Wildman–Crippen LogP) is 5.31. The number of alkyl halides is 3. The van der Waals surface area contributed by atoms with Crippen LogP contribution in [-0.4, -0.2) is 7.11 Å². The maximum absolute atomic E-state index is 12.7. The second-order valence-electron chi connectivity index (χ2n) is 4.88. The van der Waals surface area contributed by atoms with Gasteiger partial charge in [0.15, 0.2) is 0 Å². The van der Waals surface area contributed by atoms with Crippen molar-refractivity contribution < 1.29 is 17.9 Å². The quantitative estimate of drug-likeness (QED) is 0.776. The van der Waals surface area contributed by atoms with Crippen LogP contribution >= 0.6 is 23.2 Å². The van der Waals surface area contributed by atoms with Crippen molar-refractivity contribution >= 4 is 23.2 Å². The summed E-state index contributed by atoms with van der Waals surface area (Å²) in [5, 5.41) is 3.91. The summed E-state index contributed by atoms with van der Waals surface area (Å²) in [6.07, 6.45) is -4.35. The van der Waals surface area contributed by atoms with E-state index in [9.17, 15) is 13.2 Å². The molecule has 0 radical (unpaired) electrons. The molecule has 2 aromatic carbocycles. The highest BCUT2D eigenvalue weighted by Gasteiger charge is 2.30. The Morgan fingerprint density at radius 3 is 2.48 bits per heavy atom. The van der Waals surface area contributed by atoms with E-state index in [0.717, 1.165) is 17.7 Å². The number of hydrogen-bond acceptors (Lipinski definition) is 2. The molecule has 0 spiro atoms. The molecule has 0 aliphatic rings. The van der Waals surface area contributed by atoms with Crippen molar-refractivity contribution in [3.8, 4) is 5.75 Å². The Morgan fingerprint density at radius 2 is 1.83 bits per heavy atom. The third-order valence-corrected chi connectivity index (χ3v) is 3.69. The second kappa shape index (κ2) is 7.43. The molecule has 23 heavy (non-hydrogen) atoms. The van der Waals surface area contributed by atoms with Crippen molar-refractivity contribution in [1.82, 2.24) is 5.32 Å². The van der Waals surface area contributed by atoms with Crippen molar-refractivity contribution in [1.29, 1.82) is 0 Å². The number of rotatable bonds is 5. The zero-order chi connectivity index (χ0) is 17.0. The molecule has 0 aliphatic carbocycles. The van der Waals surface area contributed by atoms with Crippen molar-refractivity contribution in [2.24, 2.45) is 0 Å². The summed E-state index contributed by atoms with van der Waals surface area (Å²) in [5.74, 6) is 0.493. The minimum Gasteiger partial charge on any atom is -0.495 e. The molecule has 1 N–H and O–H groups in total. The van der Waals surface area contributed by atoms with E-state index < -0.39 is 11.7 Å². The molecule has 0 atom stereocenters. The number of hydrogen-bond donors (Lipinski definition) is 1. The lowest BCUT2D eigenvalue weighted by Crippen LogP contribution is -2.14. The van der Waals surface area contributed by atoms with E-state index >= 15 is 0 Å². The fraction of sp³-hybridized carbons (Fsp3) is 0.250. The Morgan fingerprint density at radius 1 is 1.09 bits per heavy atom. The number of nitrogens with one attached hydrogen (secondary N) is 1. The molecule has 0 aromatic heterocycles. The molecule has 124 valence electrons. The molecule has 7 heteroatoms. The van der Waals surface area contributed by atoms with Gasteiger partial charge in [-0.3, -0.25) is 0 Å². The molecule has 0 amide bonds. The summed E-state index contributed by atoms with van der Waals surface area (Å²) in [4.78, 5) is 0. The van der Waals surface area contributed by atoms with Crippen molar-refractivity contribution in [3.05, 3.63) is 63.1 Å². The Kier molecular flexibility index (Phi) is 5.79. The van der Waals surface area contributed by atoms with Crippen LogP contribution in [-0.2, 0) is 19.3 Å². The summed E-state index contributed by atoms with van der Waals surface area (Å²) in [5.41, 5.74) is 0.601. The Bertz CT molecular complexity index is 690. The first-order chi connectivity index (χ1) is 10.8. The van der Waals surface area contributed by atoms with E-state index in [-0.39, 0.29) is 6.54 Å². The van der Waals surface area contributed by atoms with Gasteiger partial charge in [0.25, 0.3) is 0 Å². The fourth-order valence-corrected chi connectivity index (χ4v) is 2.79. The zero-order valence-electron chi connectivity index (χ0n) is 12.2.